The maximum Gasteiger partial charge on any atom is 0.319 e. The summed E-state index contributed by atoms with van der Waals surface area (Å²) >= 11 is 0. The van der Waals surface area contributed by atoms with Crippen LogP contribution >= 0.6 is 0 Å². The Kier molecular flexibility index (Phi) is 8.29. The zero-order chi connectivity index (χ0) is 17.5. The minimum absolute atomic E-state index is 0. The predicted octanol–water partition coefficient (Wildman–Crippen LogP) is 1.48. The molecule has 0 atom stereocenters. The topological polar surface area (TPSA) is 44.4 Å². The van der Waals surface area contributed by atoms with E-state index in [-0.39, 0.29) is 18.4 Å². The number of urea groups is 1. The third kappa shape index (κ3) is 5.98. The lowest BCUT2D eigenvalue weighted by Gasteiger charge is -2.22. The number of hydrogen-bond donors (Lipinski definition) is 2. The van der Waals surface area contributed by atoms with E-state index in [1.165, 1.54) is 11.3 Å². The molecule has 136 valence electrons. The lowest BCUT2D eigenvalue weighted by molar-refractivity contribution is -0.00000820. The van der Waals surface area contributed by atoms with Crippen LogP contribution in [0.25, 0.3) is 0 Å². The van der Waals surface area contributed by atoms with E-state index in [4.69, 9.17) is 0 Å². The Balaban J connectivity index is 0.00000312. The molecule has 4 nitrogen and oxygen atoms in total. The molecule has 0 spiro atoms. The molecule has 0 aliphatic carbocycles. The van der Waals surface area contributed by atoms with Gasteiger partial charge in [0.2, 0.25) is 0 Å². The van der Waals surface area contributed by atoms with Crippen LogP contribution in [0, 0.1) is 13.8 Å². The maximum atomic E-state index is 12.1. The van der Waals surface area contributed by atoms with Crippen LogP contribution in [0.5, 0.6) is 0 Å². The van der Waals surface area contributed by atoms with E-state index in [2.05, 4.69) is 48.4 Å². The highest BCUT2D eigenvalue weighted by Gasteiger charge is 2.07. The summed E-state index contributed by atoms with van der Waals surface area (Å²) < 4.78 is 0. The molecule has 0 aliphatic rings. The summed E-state index contributed by atoms with van der Waals surface area (Å²) in [5.74, 6) is 0. The van der Waals surface area contributed by atoms with Crippen molar-refractivity contribution in [3.8, 4) is 0 Å². The summed E-state index contributed by atoms with van der Waals surface area (Å²) in [7, 11) is 0. The highest BCUT2D eigenvalue weighted by atomic mass is 35.5. The second-order valence-corrected chi connectivity index (χ2v) is 5.96. The third-order valence-electron chi connectivity index (χ3n) is 4.16. The molecule has 2 aromatic rings. The summed E-state index contributed by atoms with van der Waals surface area (Å²) in [6.07, 6.45) is 0. The van der Waals surface area contributed by atoms with Crippen molar-refractivity contribution in [2.75, 3.05) is 23.3 Å². The molecule has 0 aromatic heterocycles. The van der Waals surface area contributed by atoms with Crippen molar-refractivity contribution < 1.29 is 17.2 Å². The molecule has 0 heterocycles. The Labute approximate surface area is 157 Å². The molecule has 2 aromatic carbocycles. The molecule has 2 amide bonds. The van der Waals surface area contributed by atoms with Gasteiger partial charge >= 0.3 is 6.03 Å². The lowest BCUT2D eigenvalue weighted by atomic mass is 10.1. The van der Waals surface area contributed by atoms with E-state index in [0.29, 0.717) is 6.54 Å². The van der Waals surface area contributed by atoms with Gasteiger partial charge in [0.05, 0.1) is 0 Å². The summed E-state index contributed by atoms with van der Waals surface area (Å²) in [5, 5.41) is 5.82. The average Bonchev–Trinajstić information content (AvgIpc) is 2.58. The Morgan fingerprint density at radius 3 is 2.20 bits per heavy atom. The van der Waals surface area contributed by atoms with E-state index in [0.717, 1.165) is 29.9 Å². The molecular formula is C20H27ClN3O-. The number of halogens is 1. The smallest absolute Gasteiger partial charge is 0.319 e. The number of rotatable bonds is 6. The molecule has 0 saturated carbocycles. The zero-order valence-corrected chi connectivity index (χ0v) is 16.2. The van der Waals surface area contributed by atoms with E-state index in [9.17, 15) is 4.79 Å². The molecule has 0 unspecified atom stereocenters. The summed E-state index contributed by atoms with van der Waals surface area (Å²) in [6, 6.07) is 14.1. The molecule has 2 N–H and O–H groups in total. The Hall–Kier alpha value is -2.20. The van der Waals surface area contributed by atoms with Crippen LogP contribution in [0.15, 0.2) is 42.5 Å². The highest BCUT2D eigenvalue weighted by molar-refractivity contribution is 5.90. The van der Waals surface area contributed by atoms with Crippen molar-refractivity contribution in [3.63, 3.8) is 0 Å². The van der Waals surface area contributed by atoms with Gasteiger partial charge in [-0.15, -0.1) is 0 Å². The molecule has 5 heteroatoms. The molecule has 0 fully saturated rings. The van der Waals surface area contributed by atoms with Crippen molar-refractivity contribution >= 4 is 17.4 Å². The van der Waals surface area contributed by atoms with Gasteiger partial charge in [-0.25, -0.2) is 4.79 Å². The van der Waals surface area contributed by atoms with Crippen LogP contribution in [0.1, 0.15) is 30.5 Å². The molecule has 25 heavy (non-hydrogen) atoms. The van der Waals surface area contributed by atoms with Crippen molar-refractivity contribution in [1.29, 1.82) is 0 Å². The van der Waals surface area contributed by atoms with Crippen LogP contribution in [-0.2, 0) is 6.54 Å². The maximum absolute atomic E-state index is 12.1. The van der Waals surface area contributed by atoms with Crippen molar-refractivity contribution in [3.05, 3.63) is 59.2 Å². The second-order valence-electron chi connectivity index (χ2n) is 5.96. The minimum atomic E-state index is -0.186. The van der Waals surface area contributed by atoms with Gasteiger partial charge in [-0.1, -0.05) is 29.8 Å². The molecule has 0 bridgehead atoms. The fourth-order valence-electron chi connectivity index (χ4n) is 2.63. The fraction of sp³-hybridized carbons (Fsp3) is 0.350. The fourth-order valence-corrected chi connectivity index (χ4v) is 2.63. The van der Waals surface area contributed by atoms with Gasteiger partial charge in [0.25, 0.3) is 0 Å². The quantitative estimate of drug-likeness (QED) is 0.819. The number of aryl methyl sites for hydroxylation is 2. The van der Waals surface area contributed by atoms with Gasteiger partial charge in [0, 0.05) is 31.0 Å². The number of anilines is 2. The SMILES string of the molecule is CCN(CC)c1ccc(NC(=O)NCc2ccc(C)cc2)c(C)c1.[Cl-]. The molecule has 0 aliphatic heterocycles. The Morgan fingerprint density at radius 2 is 1.64 bits per heavy atom. The summed E-state index contributed by atoms with van der Waals surface area (Å²) in [4.78, 5) is 14.4. The van der Waals surface area contributed by atoms with Crippen LogP contribution in [0.2, 0.25) is 0 Å². The van der Waals surface area contributed by atoms with Crippen LogP contribution in [0.3, 0.4) is 0 Å². The first-order valence-electron chi connectivity index (χ1n) is 8.49. The number of hydrogen-bond acceptors (Lipinski definition) is 2. The van der Waals surface area contributed by atoms with Crippen LogP contribution in [-0.4, -0.2) is 19.1 Å². The lowest BCUT2D eigenvalue weighted by Crippen LogP contribution is -3.00. The number of carbonyl (C=O) groups is 1. The summed E-state index contributed by atoms with van der Waals surface area (Å²) in [5.41, 5.74) is 5.39. The molecule has 0 saturated heterocycles. The van der Waals surface area contributed by atoms with E-state index in [1.54, 1.807) is 0 Å². The van der Waals surface area contributed by atoms with Gasteiger partial charge in [-0.2, -0.15) is 0 Å². The van der Waals surface area contributed by atoms with Crippen LogP contribution < -0.4 is 27.9 Å². The number of nitrogens with one attached hydrogen (secondary N) is 2. The number of benzene rings is 2. The standard InChI is InChI=1S/C20H27N3O.ClH/c1-5-23(6-2)18-11-12-19(16(4)13-18)22-20(24)21-14-17-9-7-15(3)8-10-17;/h7-13H,5-6,14H2,1-4H3,(H2,21,22,24);1H/p-1. The average molecular weight is 361 g/mol. The van der Waals surface area contributed by atoms with E-state index in [1.807, 2.05) is 37.3 Å². The second kappa shape index (κ2) is 9.94. The normalized spacial score (nSPS) is 9.92. The largest absolute Gasteiger partial charge is 1.00 e. The molecular weight excluding hydrogens is 334 g/mol. The van der Waals surface area contributed by atoms with Gasteiger partial charge < -0.3 is 27.9 Å². The van der Waals surface area contributed by atoms with Crippen molar-refractivity contribution in [2.45, 2.75) is 34.2 Å². The third-order valence-corrected chi connectivity index (χ3v) is 4.16. The first kappa shape index (κ1) is 20.8. The Bertz CT molecular complexity index is 682. The number of amides is 2. The van der Waals surface area contributed by atoms with Crippen molar-refractivity contribution in [2.24, 2.45) is 0 Å². The van der Waals surface area contributed by atoms with E-state index >= 15 is 0 Å². The molecule has 2 rings (SSSR count). The van der Waals surface area contributed by atoms with Gasteiger partial charge in [0.15, 0.2) is 0 Å². The first-order valence-corrected chi connectivity index (χ1v) is 8.49. The first-order chi connectivity index (χ1) is 11.5. The predicted molar refractivity (Wildman–Crippen MR) is 102 cm³/mol. The number of nitrogens with zero attached hydrogens (tertiary/aromatic N) is 1. The number of carbonyl (C=O) groups excluding carboxylic acids is 1. The Morgan fingerprint density at radius 1 is 1.00 bits per heavy atom. The van der Waals surface area contributed by atoms with Gasteiger partial charge in [-0.3, -0.25) is 0 Å². The van der Waals surface area contributed by atoms with Gasteiger partial charge in [-0.05, 0) is 57.0 Å². The summed E-state index contributed by atoms with van der Waals surface area (Å²) in [6.45, 7) is 10.8. The minimum Gasteiger partial charge on any atom is -1.00 e. The molecule has 0 radical (unpaired) electrons. The van der Waals surface area contributed by atoms with Crippen molar-refractivity contribution in [1.82, 2.24) is 5.32 Å². The van der Waals surface area contributed by atoms with Crippen LogP contribution in [0.4, 0.5) is 16.2 Å². The van der Waals surface area contributed by atoms with E-state index < -0.39 is 0 Å². The highest BCUT2D eigenvalue weighted by Crippen LogP contribution is 2.22. The monoisotopic (exact) mass is 360 g/mol. The zero-order valence-electron chi connectivity index (χ0n) is 15.4. The van der Waals surface area contributed by atoms with Gasteiger partial charge in [0.1, 0.15) is 0 Å².